The van der Waals surface area contributed by atoms with Crippen molar-refractivity contribution in [1.29, 1.82) is 0 Å². The molecule has 0 saturated carbocycles. The lowest BCUT2D eigenvalue weighted by atomic mass is 9.99. The molecule has 1 rings (SSSR count). The molecular weight excluding hydrogens is 855 g/mol. The molecular formula is C58H107NO9. The van der Waals surface area contributed by atoms with Crippen molar-refractivity contribution in [3.63, 3.8) is 0 Å². The Morgan fingerprint density at radius 2 is 0.868 bits per heavy atom. The molecule has 0 aliphatic carbocycles. The van der Waals surface area contributed by atoms with E-state index in [2.05, 4.69) is 55.6 Å². The van der Waals surface area contributed by atoms with Gasteiger partial charge in [0.05, 0.1) is 25.4 Å². The number of amides is 1. The number of rotatable bonds is 48. The molecule has 7 N–H and O–H groups in total. The van der Waals surface area contributed by atoms with E-state index in [1.165, 1.54) is 173 Å². The van der Waals surface area contributed by atoms with E-state index in [-0.39, 0.29) is 6.61 Å². The predicted octanol–water partition coefficient (Wildman–Crippen LogP) is 12.7. The van der Waals surface area contributed by atoms with Crippen molar-refractivity contribution in [2.45, 2.75) is 300 Å². The third-order valence-electron chi connectivity index (χ3n) is 13.5. The fourth-order valence-electron chi connectivity index (χ4n) is 8.84. The number of hydrogen-bond acceptors (Lipinski definition) is 9. The van der Waals surface area contributed by atoms with E-state index in [0.717, 1.165) is 44.9 Å². The molecule has 1 fully saturated rings. The summed E-state index contributed by atoms with van der Waals surface area (Å²) in [6.45, 7) is 3.57. The van der Waals surface area contributed by atoms with E-state index in [1.54, 1.807) is 6.08 Å². The van der Waals surface area contributed by atoms with Gasteiger partial charge in [0.25, 0.3) is 0 Å². The maximum Gasteiger partial charge on any atom is 0.249 e. The van der Waals surface area contributed by atoms with E-state index in [1.807, 2.05) is 6.08 Å². The summed E-state index contributed by atoms with van der Waals surface area (Å²) in [4.78, 5) is 13.1. The molecule has 0 bridgehead atoms. The summed E-state index contributed by atoms with van der Waals surface area (Å²) in [5, 5.41) is 64.8. The number of carbonyl (C=O) groups is 1. The fourth-order valence-corrected chi connectivity index (χ4v) is 8.84. The molecule has 68 heavy (non-hydrogen) atoms. The van der Waals surface area contributed by atoms with Crippen LogP contribution in [-0.2, 0) is 14.3 Å². The van der Waals surface area contributed by atoms with Crippen LogP contribution in [0.3, 0.4) is 0 Å². The Hall–Kier alpha value is -1.89. The second-order valence-corrected chi connectivity index (χ2v) is 19.8. The van der Waals surface area contributed by atoms with Crippen LogP contribution in [0.25, 0.3) is 0 Å². The zero-order chi connectivity index (χ0) is 49.6. The SMILES string of the molecule is CCCCC/C=C/CC/C=C/CC/C=C/C(O)C(COC1OC(CO)C(O)C(O)C1O)NC(=O)C(O)CCCCCCCCCCCCCCCC/C=C\CCCCCCCCCCCCCC. The lowest BCUT2D eigenvalue weighted by molar-refractivity contribution is -0.302. The largest absolute Gasteiger partial charge is 0.394 e. The van der Waals surface area contributed by atoms with Gasteiger partial charge in [-0.25, -0.2) is 0 Å². The Labute approximate surface area is 416 Å². The number of carbonyl (C=O) groups excluding carboxylic acids is 1. The van der Waals surface area contributed by atoms with Gasteiger partial charge in [-0.2, -0.15) is 0 Å². The van der Waals surface area contributed by atoms with Crippen LogP contribution in [-0.4, -0.2) is 98.7 Å². The van der Waals surface area contributed by atoms with Crippen molar-refractivity contribution < 1.29 is 44.9 Å². The molecule has 0 aromatic rings. The lowest BCUT2D eigenvalue weighted by Gasteiger charge is -2.40. The summed E-state index contributed by atoms with van der Waals surface area (Å²) in [5.74, 6) is -0.630. The zero-order valence-corrected chi connectivity index (χ0v) is 43.7. The maximum atomic E-state index is 13.1. The average Bonchev–Trinajstić information content (AvgIpc) is 3.34. The van der Waals surface area contributed by atoms with E-state index in [9.17, 15) is 35.4 Å². The number of hydrogen-bond donors (Lipinski definition) is 7. The molecule has 0 aromatic heterocycles. The molecule has 10 nitrogen and oxygen atoms in total. The molecule has 0 aromatic carbocycles. The lowest BCUT2D eigenvalue weighted by Crippen LogP contribution is -2.60. The summed E-state index contributed by atoms with van der Waals surface area (Å²) in [6.07, 6.45) is 52.3. The summed E-state index contributed by atoms with van der Waals surface area (Å²) >= 11 is 0. The topological polar surface area (TPSA) is 169 Å². The van der Waals surface area contributed by atoms with E-state index >= 15 is 0 Å². The van der Waals surface area contributed by atoms with Crippen molar-refractivity contribution in [3.8, 4) is 0 Å². The molecule has 1 saturated heterocycles. The van der Waals surface area contributed by atoms with Crippen molar-refractivity contribution in [2.75, 3.05) is 13.2 Å². The Morgan fingerprint density at radius 3 is 1.31 bits per heavy atom. The van der Waals surface area contributed by atoms with Crippen LogP contribution in [0.15, 0.2) is 48.6 Å². The minimum Gasteiger partial charge on any atom is -0.394 e. The van der Waals surface area contributed by atoms with Crippen molar-refractivity contribution in [2.24, 2.45) is 0 Å². The second kappa shape index (κ2) is 47.4. The highest BCUT2D eigenvalue weighted by atomic mass is 16.7. The second-order valence-electron chi connectivity index (χ2n) is 19.8. The quantitative estimate of drug-likeness (QED) is 0.0232. The smallest absolute Gasteiger partial charge is 0.249 e. The minimum absolute atomic E-state index is 0.301. The Balaban J connectivity index is 2.20. The standard InChI is InChI=1S/C58H107NO9/c1-3-5-7-9-11-13-15-17-18-19-20-21-22-23-24-25-26-27-28-29-30-31-32-33-35-37-39-41-43-45-47-52(62)57(66)59-50(49-67-58-56(65)55(64)54(63)53(48-60)68-58)51(61)46-44-42-40-38-36-34-16-14-12-10-8-6-4-2/h12,14,23-24,36,38,44,46,50-56,58,60-65H,3-11,13,15-22,25-35,37,39-43,45,47-49H2,1-2H3,(H,59,66)/b14-12+,24-23-,38-36+,46-44+. The number of nitrogens with one attached hydrogen (secondary N) is 1. The Morgan fingerprint density at radius 1 is 0.500 bits per heavy atom. The first-order valence-electron chi connectivity index (χ1n) is 28.5. The highest BCUT2D eigenvalue weighted by Crippen LogP contribution is 2.23. The van der Waals surface area contributed by atoms with Gasteiger partial charge in [-0.15, -0.1) is 0 Å². The van der Waals surface area contributed by atoms with Crippen LogP contribution in [0.5, 0.6) is 0 Å². The molecule has 10 heteroatoms. The van der Waals surface area contributed by atoms with Gasteiger partial charge >= 0.3 is 0 Å². The highest BCUT2D eigenvalue weighted by Gasteiger charge is 2.44. The monoisotopic (exact) mass is 962 g/mol. The Kier molecular flexibility index (Phi) is 44.7. The van der Waals surface area contributed by atoms with Gasteiger partial charge in [-0.05, 0) is 70.6 Å². The van der Waals surface area contributed by atoms with Crippen LogP contribution in [0, 0.1) is 0 Å². The summed E-state index contributed by atoms with van der Waals surface area (Å²) in [6, 6.07) is -1.00. The summed E-state index contributed by atoms with van der Waals surface area (Å²) in [7, 11) is 0. The van der Waals surface area contributed by atoms with Crippen molar-refractivity contribution in [3.05, 3.63) is 48.6 Å². The van der Waals surface area contributed by atoms with Gasteiger partial charge in [0.2, 0.25) is 5.91 Å². The van der Waals surface area contributed by atoms with Crippen LogP contribution in [0.4, 0.5) is 0 Å². The van der Waals surface area contributed by atoms with Crippen LogP contribution in [0.2, 0.25) is 0 Å². The maximum absolute atomic E-state index is 13.1. The van der Waals surface area contributed by atoms with Crippen LogP contribution in [0.1, 0.15) is 251 Å². The van der Waals surface area contributed by atoms with Gasteiger partial charge in [0.15, 0.2) is 6.29 Å². The summed E-state index contributed by atoms with van der Waals surface area (Å²) < 4.78 is 11.1. The minimum atomic E-state index is -1.62. The van der Waals surface area contributed by atoms with Crippen LogP contribution >= 0.6 is 0 Å². The molecule has 1 amide bonds. The van der Waals surface area contributed by atoms with E-state index in [0.29, 0.717) is 19.3 Å². The van der Waals surface area contributed by atoms with Gasteiger partial charge in [-0.3, -0.25) is 4.79 Å². The zero-order valence-electron chi connectivity index (χ0n) is 43.7. The predicted molar refractivity (Wildman–Crippen MR) is 282 cm³/mol. The average molecular weight is 962 g/mol. The highest BCUT2D eigenvalue weighted by molar-refractivity contribution is 5.80. The first-order chi connectivity index (χ1) is 33.3. The molecule has 1 heterocycles. The molecule has 398 valence electrons. The first kappa shape index (κ1) is 64.1. The summed E-state index contributed by atoms with van der Waals surface area (Å²) in [5.41, 5.74) is 0. The third-order valence-corrected chi connectivity index (χ3v) is 13.5. The first-order valence-corrected chi connectivity index (χ1v) is 28.5. The van der Waals surface area contributed by atoms with Gasteiger partial charge in [0, 0.05) is 0 Å². The third kappa shape index (κ3) is 36.1. The van der Waals surface area contributed by atoms with Gasteiger partial charge in [0.1, 0.15) is 30.5 Å². The molecule has 1 aliphatic heterocycles. The number of unbranched alkanes of at least 4 members (excludes halogenated alkanes) is 31. The van der Waals surface area contributed by atoms with Gasteiger partial charge < -0.3 is 45.4 Å². The van der Waals surface area contributed by atoms with Crippen molar-refractivity contribution in [1.82, 2.24) is 5.32 Å². The number of allylic oxidation sites excluding steroid dienone is 7. The molecule has 1 aliphatic rings. The number of aliphatic hydroxyl groups excluding tert-OH is 6. The van der Waals surface area contributed by atoms with E-state index in [4.69, 9.17) is 9.47 Å². The number of aliphatic hydroxyl groups is 6. The number of ether oxygens (including phenoxy) is 2. The molecule has 8 unspecified atom stereocenters. The normalized spacial score (nSPS) is 20.4. The Bertz CT molecular complexity index is 1220. The van der Waals surface area contributed by atoms with E-state index < -0.39 is 61.5 Å². The molecule has 0 spiro atoms. The van der Waals surface area contributed by atoms with Crippen LogP contribution < -0.4 is 5.32 Å². The van der Waals surface area contributed by atoms with Gasteiger partial charge in [-0.1, -0.05) is 229 Å². The fraction of sp³-hybridized carbons (Fsp3) is 0.845. The van der Waals surface area contributed by atoms with Crippen molar-refractivity contribution >= 4 is 5.91 Å². The molecule has 8 atom stereocenters. The molecule has 0 radical (unpaired) electrons.